The van der Waals surface area contributed by atoms with Crippen LogP contribution in [0.2, 0.25) is 0 Å². The molecule has 6 heteroatoms. The number of imide groups is 1. The van der Waals surface area contributed by atoms with E-state index < -0.39 is 0 Å². The third kappa shape index (κ3) is 2.59. The topological polar surface area (TPSA) is 65.5 Å². The van der Waals surface area contributed by atoms with Gasteiger partial charge in [-0.05, 0) is 31.4 Å². The molecule has 3 heterocycles. The second-order valence-corrected chi connectivity index (χ2v) is 5.18. The SMILES string of the molecule is O=C1CCN(c2ccc(N3CCCCC3)cn2)C(=O)N1. The van der Waals surface area contributed by atoms with E-state index in [9.17, 15) is 9.59 Å². The number of hydrogen-bond donors (Lipinski definition) is 1. The molecule has 1 N–H and O–H groups in total. The highest BCUT2D eigenvalue weighted by Crippen LogP contribution is 2.22. The van der Waals surface area contributed by atoms with Crippen LogP contribution in [0.4, 0.5) is 16.3 Å². The Morgan fingerprint density at radius 3 is 2.50 bits per heavy atom. The summed E-state index contributed by atoms with van der Waals surface area (Å²) < 4.78 is 0. The summed E-state index contributed by atoms with van der Waals surface area (Å²) in [5, 5.41) is 2.30. The van der Waals surface area contributed by atoms with E-state index in [0.29, 0.717) is 18.8 Å². The molecule has 0 saturated carbocycles. The van der Waals surface area contributed by atoms with E-state index in [0.717, 1.165) is 18.8 Å². The van der Waals surface area contributed by atoms with E-state index in [-0.39, 0.29) is 11.9 Å². The van der Waals surface area contributed by atoms with Gasteiger partial charge in [0.25, 0.3) is 0 Å². The van der Waals surface area contributed by atoms with Crippen LogP contribution in [-0.4, -0.2) is 36.6 Å². The molecule has 0 unspecified atom stereocenters. The second-order valence-electron chi connectivity index (χ2n) is 5.18. The van der Waals surface area contributed by atoms with Crippen LogP contribution in [0.25, 0.3) is 0 Å². The van der Waals surface area contributed by atoms with Gasteiger partial charge in [0.15, 0.2) is 0 Å². The molecule has 2 fully saturated rings. The molecular formula is C14H18N4O2. The second kappa shape index (κ2) is 5.48. The highest BCUT2D eigenvalue weighted by molar-refractivity contribution is 6.05. The Morgan fingerprint density at radius 2 is 1.85 bits per heavy atom. The summed E-state index contributed by atoms with van der Waals surface area (Å²) in [6.45, 7) is 2.53. The summed E-state index contributed by atoms with van der Waals surface area (Å²) in [6, 6.07) is 3.45. The van der Waals surface area contributed by atoms with Gasteiger partial charge in [0.2, 0.25) is 5.91 Å². The number of carbonyl (C=O) groups excluding carboxylic acids is 2. The normalized spacial score (nSPS) is 20.0. The lowest BCUT2D eigenvalue weighted by Gasteiger charge is -2.29. The first-order chi connectivity index (χ1) is 9.74. The van der Waals surface area contributed by atoms with E-state index in [1.165, 1.54) is 24.2 Å². The molecule has 2 aliphatic rings. The maximum absolute atomic E-state index is 11.7. The average Bonchev–Trinajstić information content (AvgIpc) is 2.48. The van der Waals surface area contributed by atoms with Crippen LogP contribution in [0.1, 0.15) is 25.7 Å². The highest BCUT2D eigenvalue weighted by atomic mass is 16.2. The van der Waals surface area contributed by atoms with Gasteiger partial charge in [-0.15, -0.1) is 0 Å². The predicted octanol–water partition coefficient (Wildman–Crippen LogP) is 1.52. The van der Waals surface area contributed by atoms with Gasteiger partial charge < -0.3 is 4.90 Å². The van der Waals surface area contributed by atoms with Crippen LogP contribution in [0.15, 0.2) is 18.3 Å². The minimum absolute atomic E-state index is 0.226. The smallest absolute Gasteiger partial charge is 0.329 e. The molecule has 1 aromatic rings. The lowest BCUT2D eigenvalue weighted by Crippen LogP contribution is -2.49. The molecule has 6 nitrogen and oxygen atoms in total. The quantitative estimate of drug-likeness (QED) is 0.888. The van der Waals surface area contributed by atoms with E-state index in [4.69, 9.17) is 0 Å². The molecule has 0 atom stereocenters. The van der Waals surface area contributed by atoms with Gasteiger partial charge in [0.05, 0.1) is 11.9 Å². The van der Waals surface area contributed by atoms with Gasteiger partial charge in [-0.3, -0.25) is 15.0 Å². The van der Waals surface area contributed by atoms with Gasteiger partial charge in [-0.1, -0.05) is 0 Å². The van der Waals surface area contributed by atoms with E-state index in [2.05, 4.69) is 15.2 Å². The van der Waals surface area contributed by atoms with Crippen molar-refractivity contribution in [2.75, 3.05) is 29.4 Å². The fraction of sp³-hybridized carbons (Fsp3) is 0.500. The van der Waals surface area contributed by atoms with E-state index in [1.807, 2.05) is 18.3 Å². The third-order valence-electron chi connectivity index (χ3n) is 3.78. The molecule has 1 aromatic heterocycles. The Labute approximate surface area is 117 Å². The Balaban J connectivity index is 1.72. The molecule has 0 spiro atoms. The minimum atomic E-state index is -0.389. The number of pyridine rings is 1. The summed E-state index contributed by atoms with van der Waals surface area (Å²) in [7, 11) is 0. The molecule has 0 aromatic carbocycles. The molecule has 20 heavy (non-hydrogen) atoms. The van der Waals surface area contributed by atoms with Crippen molar-refractivity contribution in [3.63, 3.8) is 0 Å². The number of rotatable bonds is 2. The fourth-order valence-electron chi connectivity index (χ4n) is 2.66. The Hall–Kier alpha value is -2.11. The summed E-state index contributed by atoms with van der Waals surface area (Å²) in [5.41, 5.74) is 1.10. The number of anilines is 2. The zero-order chi connectivity index (χ0) is 13.9. The van der Waals surface area contributed by atoms with E-state index in [1.54, 1.807) is 0 Å². The van der Waals surface area contributed by atoms with Crippen molar-refractivity contribution in [1.29, 1.82) is 0 Å². The van der Waals surface area contributed by atoms with Crippen LogP contribution in [-0.2, 0) is 4.79 Å². The largest absolute Gasteiger partial charge is 0.370 e. The van der Waals surface area contributed by atoms with Gasteiger partial charge in [-0.2, -0.15) is 0 Å². The van der Waals surface area contributed by atoms with Gasteiger partial charge in [0.1, 0.15) is 5.82 Å². The number of hydrogen-bond acceptors (Lipinski definition) is 4. The van der Waals surface area contributed by atoms with Gasteiger partial charge in [-0.25, -0.2) is 9.78 Å². The maximum atomic E-state index is 11.7. The van der Waals surface area contributed by atoms with E-state index >= 15 is 0 Å². The summed E-state index contributed by atoms with van der Waals surface area (Å²) >= 11 is 0. The molecule has 106 valence electrons. The summed E-state index contributed by atoms with van der Waals surface area (Å²) in [5.74, 6) is 0.368. The van der Waals surface area contributed by atoms with Crippen LogP contribution in [0.5, 0.6) is 0 Å². The molecule has 2 aliphatic heterocycles. The zero-order valence-corrected chi connectivity index (χ0v) is 11.3. The van der Waals surface area contributed by atoms with Crippen molar-refractivity contribution in [3.8, 4) is 0 Å². The van der Waals surface area contributed by atoms with Crippen LogP contribution >= 0.6 is 0 Å². The third-order valence-corrected chi connectivity index (χ3v) is 3.78. The highest BCUT2D eigenvalue weighted by Gasteiger charge is 2.25. The maximum Gasteiger partial charge on any atom is 0.329 e. The first kappa shape index (κ1) is 12.9. The molecule has 3 rings (SSSR count). The lowest BCUT2D eigenvalue weighted by atomic mass is 10.1. The monoisotopic (exact) mass is 274 g/mol. The first-order valence-electron chi connectivity index (χ1n) is 7.06. The molecule has 2 saturated heterocycles. The van der Waals surface area contributed by atoms with Gasteiger partial charge >= 0.3 is 6.03 Å². The van der Waals surface area contributed by atoms with Crippen molar-refractivity contribution in [3.05, 3.63) is 18.3 Å². The number of aromatic nitrogens is 1. The van der Waals surface area contributed by atoms with Crippen LogP contribution < -0.4 is 15.1 Å². The van der Waals surface area contributed by atoms with Crippen molar-refractivity contribution in [1.82, 2.24) is 10.3 Å². The van der Waals surface area contributed by atoms with Crippen LogP contribution in [0, 0.1) is 0 Å². The Kier molecular flexibility index (Phi) is 3.54. The number of carbonyl (C=O) groups is 2. The average molecular weight is 274 g/mol. The Morgan fingerprint density at radius 1 is 1.05 bits per heavy atom. The number of nitrogens with zero attached hydrogens (tertiary/aromatic N) is 3. The van der Waals surface area contributed by atoms with Crippen molar-refractivity contribution < 1.29 is 9.59 Å². The van der Waals surface area contributed by atoms with Crippen molar-refractivity contribution in [2.24, 2.45) is 0 Å². The van der Waals surface area contributed by atoms with Crippen molar-refractivity contribution in [2.45, 2.75) is 25.7 Å². The number of nitrogens with one attached hydrogen (secondary N) is 1. The molecule has 3 amide bonds. The summed E-state index contributed by atoms with van der Waals surface area (Å²) in [4.78, 5) is 31.0. The molecular weight excluding hydrogens is 256 g/mol. The van der Waals surface area contributed by atoms with Crippen LogP contribution in [0.3, 0.4) is 0 Å². The summed E-state index contributed by atoms with van der Waals surface area (Å²) in [6.07, 6.45) is 5.87. The predicted molar refractivity (Wildman–Crippen MR) is 75.8 cm³/mol. The molecule has 0 bridgehead atoms. The standard InChI is InChI=1S/C14H18N4O2/c19-13-6-9-18(14(20)16-13)12-5-4-11(10-15-12)17-7-2-1-3-8-17/h4-5,10H,1-3,6-9H2,(H,16,19,20). The molecule has 0 radical (unpaired) electrons. The van der Waals surface area contributed by atoms with Crippen molar-refractivity contribution >= 4 is 23.4 Å². The first-order valence-corrected chi connectivity index (χ1v) is 7.06. The zero-order valence-electron chi connectivity index (χ0n) is 11.3. The lowest BCUT2D eigenvalue weighted by molar-refractivity contribution is -0.120. The molecule has 0 aliphatic carbocycles. The number of amides is 3. The van der Waals surface area contributed by atoms with Gasteiger partial charge in [0, 0.05) is 26.1 Å². The number of piperidine rings is 1. The Bertz CT molecular complexity index is 508. The number of urea groups is 1. The fourth-order valence-corrected chi connectivity index (χ4v) is 2.66. The minimum Gasteiger partial charge on any atom is -0.370 e.